The van der Waals surface area contributed by atoms with Gasteiger partial charge >= 0.3 is 6.09 Å². The number of aliphatic hydroxyl groups is 1. The van der Waals surface area contributed by atoms with Crippen LogP contribution in [-0.4, -0.2) is 39.8 Å². The van der Waals surface area contributed by atoms with Gasteiger partial charge in [0.05, 0.1) is 23.3 Å². The van der Waals surface area contributed by atoms with Crippen LogP contribution in [0.25, 0.3) is 10.9 Å². The molecule has 1 aliphatic rings. The summed E-state index contributed by atoms with van der Waals surface area (Å²) in [6.07, 6.45) is 3.06. The van der Waals surface area contributed by atoms with Gasteiger partial charge in [0, 0.05) is 17.5 Å². The number of benzene rings is 1. The number of carbonyl (C=O) groups is 2. The quantitative estimate of drug-likeness (QED) is 0.593. The molecule has 3 rings (SSSR count). The molecule has 2 amide bonds. The van der Waals surface area contributed by atoms with E-state index in [0.29, 0.717) is 24.0 Å². The third-order valence-corrected chi connectivity index (χ3v) is 5.04. The van der Waals surface area contributed by atoms with Crippen LogP contribution in [0.1, 0.15) is 40.0 Å². The Morgan fingerprint density at radius 2 is 2.00 bits per heavy atom. The first-order valence-electron chi connectivity index (χ1n) is 9.94. The molecule has 1 saturated carbocycles. The van der Waals surface area contributed by atoms with Crippen molar-refractivity contribution in [3.8, 4) is 6.19 Å². The summed E-state index contributed by atoms with van der Waals surface area (Å²) >= 11 is 0. The summed E-state index contributed by atoms with van der Waals surface area (Å²) < 4.78 is 5.23. The number of amides is 2. The van der Waals surface area contributed by atoms with Crippen molar-refractivity contribution in [2.24, 2.45) is 5.92 Å². The summed E-state index contributed by atoms with van der Waals surface area (Å²) in [5.74, 6) is -0.916. The molecular weight excluding hydrogens is 384 g/mol. The van der Waals surface area contributed by atoms with Crippen LogP contribution in [0.5, 0.6) is 0 Å². The molecule has 0 radical (unpaired) electrons. The van der Waals surface area contributed by atoms with Crippen LogP contribution in [0.15, 0.2) is 36.5 Å². The monoisotopic (exact) mass is 410 g/mol. The van der Waals surface area contributed by atoms with E-state index in [0.717, 1.165) is 10.3 Å². The number of nitrogens with zero attached hydrogens (tertiary/aromatic N) is 3. The van der Waals surface area contributed by atoms with Gasteiger partial charge in [-0.05, 0) is 52.2 Å². The summed E-state index contributed by atoms with van der Waals surface area (Å²) in [5, 5.41) is 23.7. The predicted molar refractivity (Wildman–Crippen MR) is 111 cm³/mol. The fraction of sp³-hybridized carbons (Fsp3) is 0.455. The number of carbonyl (C=O) groups excluding carboxylic acids is 2. The largest absolute Gasteiger partial charge is 0.444 e. The van der Waals surface area contributed by atoms with Crippen LogP contribution in [0, 0.1) is 17.4 Å². The average molecular weight is 410 g/mol. The van der Waals surface area contributed by atoms with E-state index in [-0.39, 0.29) is 12.3 Å². The molecule has 1 fully saturated rings. The Balaban J connectivity index is 1.70. The first-order chi connectivity index (χ1) is 14.2. The second-order valence-electron chi connectivity index (χ2n) is 8.46. The number of nitriles is 1. The Labute approximate surface area is 175 Å². The lowest BCUT2D eigenvalue weighted by molar-refractivity contribution is -0.124. The highest BCUT2D eigenvalue weighted by atomic mass is 16.6. The smallest absolute Gasteiger partial charge is 0.407 e. The van der Waals surface area contributed by atoms with Gasteiger partial charge < -0.3 is 15.2 Å². The van der Waals surface area contributed by atoms with E-state index >= 15 is 0 Å². The molecule has 1 aromatic carbocycles. The number of hydrogen-bond donors (Lipinski definition) is 2. The fourth-order valence-corrected chi connectivity index (χ4v) is 3.67. The van der Waals surface area contributed by atoms with Crippen molar-refractivity contribution in [2.75, 3.05) is 4.90 Å². The summed E-state index contributed by atoms with van der Waals surface area (Å²) in [7, 11) is 0. The molecule has 1 heterocycles. The van der Waals surface area contributed by atoms with E-state index < -0.39 is 29.8 Å². The lowest BCUT2D eigenvalue weighted by Gasteiger charge is -2.34. The minimum absolute atomic E-state index is 0.148. The van der Waals surface area contributed by atoms with Gasteiger partial charge in [0.15, 0.2) is 6.19 Å². The number of pyridine rings is 1. The van der Waals surface area contributed by atoms with Gasteiger partial charge in [0.25, 0.3) is 0 Å². The van der Waals surface area contributed by atoms with Crippen LogP contribution in [0.2, 0.25) is 0 Å². The summed E-state index contributed by atoms with van der Waals surface area (Å²) in [5.41, 5.74) is 0.349. The molecule has 30 heavy (non-hydrogen) atoms. The molecule has 8 nitrogen and oxygen atoms in total. The second-order valence-corrected chi connectivity index (χ2v) is 8.46. The molecule has 0 aliphatic heterocycles. The summed E-state index contributed by atoms with van der Waals surface area (Å²) in [6.45, 7) is 5.28. The molecule has 2 N–H and O–H groups in total. The highest BCUT2D eigenvalue weighted by molar-refractivity contribution is 6.04. The van der Waals surface area contributed by atoms with Crippen molar-refractivity contribution in [1.82, 2.24) is 10.3 Å². The number of aliphatic hydroxyl groups excluding tert-OH is 1. The number of ether oxygens (including phenoxy) is 1. The molecule has 1 aliphatic carbocycles. The molecule has 8 heteroatoms. The molecular formula is C22H26N4O4. The van der Waals surface area contributed by atoms with Gasteiger partial charge in [-0.3, -0.25) is 9.78 Å². The van der Waals surface area contributed by atoms with Crippen molar-refractivity contribution < 1.29 is 19.4 Å². The van der Waals surface area contributed by atoms with Gasteiger partial charge in [-0.1, -0.05) is 18.2 Å². The van der Waals surface area contributed by atoms with Crippen molar-refractivity contribution in [3.05, 3.63) is 36.5 Å². The van der Waals surface area contributed by atoms with Crippen molar-refractivity contribution in [2.45, 2.75) is 57.8 Å². The Kier molecular flexibility index (Phi) is 6.22. The predicted octanol–water partition coefficient (Wildman–Crippen LogP) is 3.10. The maximum Gasteiger partial charge on any atom is 0.407 e. The number of aromatic nitrogens is 1. The number of hydrogen-bond acceptors (Lipinski definition) is 6. The van der Waals surface area contributed by atoms with E-state index in [4.69, 9.17) is 4.74 Å². The minimum Gasteiger partial charge on any atom is -0.444 e. The van der Waals surface area contributed by atoms with Crippen LogP contribution < -0.4 is 10.2 Å². The molecule has 0 unspecified atom stereocenters. The van der Waals surface area contributed by atoms with E-state index in [2.05, 4.69) is 10.3 Å². The number of nitrogens with one attached hydrogen (secondary N) is 1. The lowest BCUT2D eigenvalue weighted by Crippen LogP contribution is -2.50. The third-order valence-electron chi connectivity index (χ3n) is 5.04. The number of alkyl carbamates (subject to hydrolysis) is 1. The molecule has 2 aromatic rings. The minimum atomic E-state index is -0.911. The maximum absolute atomic E-state index is 13.1. The van der Waals surface area contributed by atoms with Gasteiger partial charge in [-0.25, -0.2) is 9.69 Å². The Morgan fingerprint density at radius 3 is 2.67 bits per heavy atom. The molecule has 0 spiro atoms. The van der Waals surface area contributed by atoms with Crippen molar-refractivity contribution in [3.63, 3.8) is 0 Å². The Hall–Kier alpha value is -3.18. The van der Waals surface area contributed by atoms with Crippen LogP contribution in [-0.2, 0) is 9.53 Å². The normalized spacial score (nSPS) is 21.5. The lowest BCUT2D eigenvalue weighted by atomic mass is 9.83. The van der Waals surface area contributed by atoms with Crippen LogP contribution >= 0.6 is 0 Å². The second kappa shape index (κ2) is 8.67. The zero-order valence-electron chi connectivity index (χ0n) is 17.3. The van der Waals surface area contributed by atoms with Gasteiger partial charge in [0.2, 0.25) is 5.91 Å². The van der Waals surface area contributed by atoms with E-state index in [1.54, 1.807) is 45.2 Å². The molecule has 0 bridgehead atoms. The molecule has 3 atom stereocenters. The SMILES string of the molecule is CC(C)(C)OC(=O)N[C@@H]1CC[C@@H](C(=O)N(C#N)c2cccc3cccnc23)C[C@@H]1O. The maximum atomic E-state index is 13.1. The Bertz CT molecular complexity index is 974. The fourth-order valence-electron chi connectivity index (χ4n) is 3.67. The third kappa shape index (κ3) is 4.86. The van der Waals surface area contributed by atoms with Crippen LogP contribution in [0.3, 0.4) is 0 Å². The standard InChI is InChI=1S/C22H26N4O4/c1-22(2,3)30-21(29)25-16-10-9-15(12-18(16)27)20(28)26(13-23)17-8-4-6-14-7-5-11-24-19(14)17/h4-8,11,15-16,18,27H,9-10,12H2,1-3H3,(H,25,29)/t15-,16-,18+/m1/s1. The highest BCUT2D eigenvalue weighted by Gasteiger charge is 2.37. The van der Waals surface area contributed by atoms with E-state index in [9.17, 15) is 20.0 Å². The first-order valence-corrected chi connectivity index (χ1v) is 9.94. The topological polar surface area (TPSA) is 116 Å². The number of anilines is 1. The molecule has 158 valence electrons. The van der Waals surface area contributed by atoms with Crippen molar-refractivity contribution >= 4 is 28.6 Å². The first kappa shape index (κ1) is 21.5. The molecule has 1 aromatic heterocycles. The van der Waals surface area contributed by atoms with E-state index in [1.165, 1.54) is 0 Å². The highest BCUT2D eigenvalue weighted by Crippen LogP contribution is 2.31. The summed E-state index contributed by atoms with van der Waals surface area (Å²) in [4.78, 5) is 30.4. The van der Waals surface area contributed by atoms with Gasteiger partial charge in [-0.2, -0.15) is 5.26 Å². The average Bonchev–Trinajstić information content (AvgIpc) is 2.68. The van der Waals surface area contributed by atoms with Gasteiger partial charge in [-0.15, -0.1) is 0 Å². The Morgan fingerprint density at radius 1 is 1.27 bits per heavy atom. The van der Waals surface area contributed by atoms with Crippen LogP contribution in [0.4, 0.5) is 10.5 Å². The number of para-hydroxylation sites is 1. The zero-order valence-corrected chi connectivity index (χ0v) is 17.3. The number of rotatable bonds is 3. The summed E-state index contributed by atoms with van der Waals surface area (Å²) in [6, 6.07) is 8.47. The van der Waals surface area contributed by atoms with Crippen molar-refractivity contribution in [1.29, 1.82) is 5.26 Å². The number of fused-ring (bicyclic) bond motifs is 1. The molecule has 0 saturated heterocycles. The zero-order chi connectivity index (χ0) is 21.9. The van der Waals surface area contributed by atoms with E-state index in [1.807, 2.05) is 18.3 Å². The van der Waals surface area contributed by atoms with Gasteiger partial charge in [0.1, 0.15) is 5.60 Å².